The minimum Gasteiger partial charge on any atom is -0.354 e. The highest BCUT2D eigenvalue weighted by atomic mass is 35.5. The lowest BCUT2D eigenvalue weighted by Gasteiger charge is -2.23. The number of anilines is 1. The molecular weight excluding hydrogens is 427 g/mol. The molecule has 1 amide bonds. The molecule has 0 spiro atoms. The minimum absolute atomic E-state index is 0.163. The van der Waals surface area contributed by atoms with Gasteiger partial charge >= 0.3 is 0 Å². The molecule has 0 aromatic heterocycles. The second-order valence-corrected chi connectivity index (χ2v) is 9.80. The molecule has 0 aliphatic carbocycles. The molecule has 146 valence electrons. The molecule has 0 atom stereocenters. The summed E-state index contributed by atoms with van der Waals surface area (Å²) in [6.45, 7) is 2.09. The van der Waals surface area contributed by atoms with Gasteiger partial charge in [0.1, 0.15) is 6.54 Å². The SMILES string of the molecule is Cc1ccc(SCCNC(=O)CN(c2ccc(Cl)cc2Cl)S(C)(=O)=O)cc1. The summed E-state index contributed by atoms with van der Waals surface area (Å²) < 4.78 is 25.2. The average Bonchev–Trinajstić information content (AvgIpc) is 2.58. The lowest BCUT2D eigenvalue weighted by atomic mass is 10.2. The summed E-state index contributed by atoms with van der Waals surface area (Å²) in [5.74, 6) is 0.269. The van der Waals surface area contributed by atoms with Crippen molar-refractivity contribution in [2.45, 2.75) is 11.8 Å². The van der Waals surface area contributed by atoms with Crippen LogP contribution < -0.4 is 9.62 Å². The Morgan fingerprint density at radius 1 is 1.15 bits per heavy atom. The molecule has 0 bridgehead atoms. The first-order chi connectivity index (χ1) is 12.7. The van der Waals surface area contributed by atoms with Crippen LogP contribution in [0.25, 0.3) is 0 Å². The van der Waals surface area contributed by atoms with E-state index in [-0.39, 0.29) is 17.3 Å². The van der Waals surface area contributed by atoms with Crippen LogP contribution in [0.1, 0.15) is 5.56 Å². The second kappa shape index (κ2) is 9.68. The normalized spacial score (nSPS) is 11.3. The van der Waals surface area contributed by atoms with Crippen LogP contribution >= 0.6 is 35.0 Å². The predicted molar refractivity (Wildman–Crippen MR) is 114 cm³/mol. The molecule has 0 heterocycles. The second-order valence-electron chi connectivity index (χ2n) is 5.88. The number of hydrogen-bond donors (Lipinski definition) is 1. The molecule has 9 heteroatoms. The Bertz CT molecular complexity index is 903. The van der Waals surface area contributed by atoms with Crippen LogP contribution in [0.5, 0.6) is 0 Å². The number of rotatable bonds is 8. The number of nitrogens with one attached hydrogen (secondary N) is 1. The molecule has 0 aliphatic heterocycles. The van der Waals surface area contributed by atoms with E-state index in [2.05, 4.69) is 5.32 Å². The fourth-order valence-electron chi connectivity index (χ4n) is 2.24. The highest BCUT2D eigenvalue weighted by molar-refractivity contribution is 7.99. The number of sulfonamides is 1. The number of carbonyl (C=O) groups excluding carboxylic acids is 1. The van der Waals surface area contributed by atoms with Gasteiger partial charge in [0.05, 0.1) is 17.0 Å². The summed E-state index contributed by atoms with van der Waals surface area (Å²) in [5, 5.41) is 3.28. The number of nitrogens with zero attached hydrogens (tertiary/aromatic N) is 1. The smallest absolute Gasteiger partial charge is 0.240 e. The van der Waals surface area contributed by atoms with Gasteiger partial charge in [-0.1, -0.05) is 40.9 Å². The van der Waals surface area contributed by atoms with Gasteiger partial charge in [0.15, 0.2) is 0 Å². The summed E-state index contributed by atoms with van der Waals surface area (Å²) in [7, 11) is -3.69. The molecular formula is C18H20Cl2N2O3S2. The van der Waals surface area contributed by atoms with Crippen molar-refractivity contribution in [3.63, 3.8) is 0 Å². The molecule has 5 nitrogen and oxygen atoms in total. The summed E-state index contributed by atoms with van der Waals surface area (Å²) in [5.41, 5.74) is 1.40. The first-order valence-corrected chi connectivity index (χ1v) is 11.6. The van der Waals surface area contributed by atoms with Crippen LogP contribution in [0.4, 0.5) is 5.69 Å². The molecule has 2 aromatic rings. The fourth-order valence-corrected chi connectivity index (χ4v) is 4.44. The van der Waals surface area contributed by atoms with E-state index in [9.17, 15) is 13.2 Å². The van der Waals surface area contributed by atoms with Crippen LogP contribution in [0, 0.1) is 6.92 Å². The Morgan fingerprint density at radius 3 is 2.41 bits per heavy atom. The van der Waals surface area contributed by atoms with Crippen LogP contribution in [-0.2, 0) is 14.8 Å². The van der Waals surface area contributed by atoms with Gasteiger partial charge in [0.2, 0.25) is 15.9 Å². The maximum Gasteiger partial charge on any atom is 0.240 e. The zero-order valence-electron chi connectivity index (χ0n) is 14.9. The molecule has 0 unspecified atom stereocenters. The average molecular weight is 447 g/mol. The van der Waals surface area contributed by atoms with Gasteiger partial charge in [-0.25, -0.2) is 8.42 Å². The highest BCUT2D eigenvalue weighted by Crippen LogP contribution is 2.30. The summed E-state index contributed by atoms with van der Waals surface area (Å²) in [6.07, 6.45) is 1.03. The molecule has 27 heavy (non-hydrogen) atoms. The third-order valence-electron chi connectivity index (χ3n) is 3.58. The van der Waals surface area contributed by atoms with Gasteiger partial charge in [-0.2, -0.15) is 0 Å². The third-order valence-corrected chi connectivity index (χ3v) is 6.26. The van der Waals surface area contributed by atoms with Crippen molar-refractivity contribution >= 4 is 56.6 Å². The summed E-state index contributed by atoms with van der Waals surface area (Å²) >= 11 is 13.6. The van der Waals surface area contributed by atoms with E-state index < -0.39 is 15.9 Å². The molecule has 0 fully saturated rings. The number of benzene rings is 2. The number of carbonyl (C=O) groups is 1. The maximum atomic E-state index is 12.2. The quantitative estimate of drug-likeness (QED) is 0.491. The first-order valence-electron chi connectivity index (χ1n) is 8.06. The van der Waals surface area contributed by atoms with Crippen molar-refractivity contribution in [1.82, 2.24) is 5.32 Å². The van der Waals surface area contributed by atoms with E-state index in [0.717, 1.165) is 15.5 Å². The Balaban J connectivity index is 1.93. The molecule has 1 N–H and O–H groups in total. The lowest BCUT2D eigenvalue weighted by Crippen LogP contribution is -2.41. The lowest BCUT2D eigenvalue weighted by molar-refractivity contribution is -0.119. The van der Waals surface area contributed by atoms with Crippen LogP contribution in [0.2, 0.25) is 10.0 Å². The molecule has 2 rings (SSSR count). The van der Waals surface area contributed by atoms with E-state index in [4.69, 9.17) is 23.2 Å². The topological polar surface area (TPSA) is 66.5 Å². The Kier molecular flexibility index (Phi) is 7.85. The Hall–Kier alpha value is -1.41. The summed E-state index contributed by atoms with van der Waals surface area (Å²) in [4.78, 5) is 13.3. The number of hydrogen-bond acceptors (Lipinski definition) is 4. The van der Waals surface area contributed by atoms with Crippen molar-refractivity contribution < 1.29 is 13.2 Å². The highest BCUT2D eigenvalue weighted by Gasteiger charge is 2.23. The monoisotopic (exact) mass is 446 g/mol. The van der Waals surface area contributed by atoms with Crippen LogP contribution in [-0.4, -0.2) is 39.4 Å². The van der Waals surface area contributed by atoms with Gasteiger partial charge in [-0.05, 0) is 37.3 Å². The van der Waals surface area contributed by atoms with Crippen molar-refractivity contribution in [2.75, 3.05) is 29.4 Å². The van der Waals surface area contributed by atoms with Crippen molar-refractivity contribution in [3.05, 3.63) is 58.1 Å². The van der Waals surface area contributed by atoms with E-state index in [1.165, 1.54) is 23.8 Å². The zero-order valence-corrected chi connectivity index (χ0v) is 18.1. The number of thioether (sulfide) groups is 1. The van der Waals surface area contributed by atoms with Gasteiger partial charge in [-0.3, -0.25) is 9.10 Å². The third kappa shape index (κ3) is 6.92. The minimum atomic E-state index is -3.69. The molecule has 0 saturated heterocycles. The maximum absolute atomic E-state index is 12.2. The van der Waals surface area contributed by atoms with E-state index in [0.29, 0.717) is 17.3 Å². The molecule has 2 aromatic carbocycles. The molecule has 0 radical (unpaired) electrons. The summed E-state index contributed by atoms with van der Waals surface area (Å²) in [6, 6.07) is 12.5. The van der Waals surface area contributed by atoms with Gasteiger partial charge in [0.25, 0.3) is 0 Å². The van der Waals surface area contributed by atoms with E-state index in [1.54, 1.807) is 11.8 Å². The fraction of sp³-hybridized carbons (Fsp3) is 0.278. The van der Waals surface area contributed by atoms with Gasteiger partial charge in [0, 0.05) is 22.2 Å². The van der Waals surface area contributed by atoms with Gasteiger partial charge in [-0.15, -0.1) is 11.8 Å². The number of halogens is 2. The van der Waals surface area contributed by atoms with E-state index >= 15 is 0 Å². The number of amides is 1. The standard InChI is InChI=1S/C18H20Cl2N2O3S2/c1-13-3-6-15(7-4-13)26-10-9-21-18(23)12-22(27(2,24)25)17-8-5-14(19)11-16(17)20/h3-8,11H,9-10,12H2,1-2H3,(H,21,23). The predicted octanol–water partition coefficient (Wildman–Crippen LogP) is 3.98. The first kappa shape index (κ1) is 21.9. The number of aryl methyl sites for hydroxylation is 1. The van der Waals surface area contributed by atoms with Crippen molar-refractivity contribution in [2.24, 2.45) is 0 Å². The molecule has 0 saturated carbocycles. The van der Waals surface area contributed by atoms with Crippen LogP contribution in [0.3, 0.4) is 0 Å². The van der Waals surface area contributed by atoms with Crippen molar-refractivity contribution in [1.29, 1.82) is 0 Å². The van der Waals surface area contributed by atoms with Crippen LogP contribution in [0.15, 0.2) is 47.4 Å². The largest absolute Gasteiger partial charge is 0.354 e. The Labute approximate surface area is 174 Å². The van der Waals surface area contributed by atoms with E-state index in [1.807, 2.05) is 31.2 Å². The van der Waals surface area contributed by atoms with Gasteiger partial charge < -0.3 is 5.32 Å². The molecule has 0 aliphatic rings. The van der Waals surface area contributed by atoms with Crippen molar-refractivity contribution in [3.8, 4) is 0 Å². The zero-order chi connectivity index (χ0) is 20.0. The Morgan fingerprint density at radius 2 is 1.81 bits per heavy atom.